The molecule has 6 nitrogen and oxygen atoms in total. The number of carbonyl (C=O) groups is 1. The van der Waals surface area contributed by atoms with Gasteiger partial charge in [-0.2, -0.15) is 9.90 Å². The third-order valence-corrected chi connectivity index (χ3v) is 2.85. The minimum atomic E-state index is -0.347. The van der Waals surface area contributed by atoms with Gasteiger partial charge in [-0.25, -0.2) is 0 Å². The number of nitrogens with zero attached hydrogens (tertiary/aromatic N) is 3. The van der Waals surface area contributed by atoms with Gasteiger partial charge in [-0.15, -0.1) is 5.10 Å². The topological polar surface area (TPSA) is 69.0 Å². The lowest BCUT2D eigenvalue weighted by molar-refractivity contribution is 0.102. The molecule has 0 radical (unpaired) electrons. The predicted octanol–water partition coefficient (Wildman–Crippen LogP) is 2.77. The molecule has 0 unspecified atom stereocenters. The van der Waals surface area contributed by atoms with Crippen LogP contribution in [0, 0.1) is 0 Å². The number of rotatable bonds is 4. The number of nitrogens with one attached hydrogen (secondary N) is 1. The second-order valence-electron chi connectivity index (χ2n) is 4.44. The van der Waals surface area contributed by atoms with Crippen molar-refractivity contribution >= 4 is 23.3 Å². The molecular weight excluding hydrogens is 280 g/mol. The summed E-state index contributed by atoms with van der Waals surface area (Å²) in [4.78, 5) is 13.7. The quantitative estimate of drug-likeness (QED) is 0.941. The van der Waals surface area contributed by atoms with E-state index in [1.807, 2.05) is 13.8 Å². The van der Waals surface area contributed by atoms with Crippen LogP contribution in [-0.2, 0) is 0 Å². The van der Waals surface area contributed by atoms with Crippen LogP contribution < -0.4 is 10.1 Å². The van der Waals surface area contributed by atoms with Crippen molar-refractivity contribution in [2.24, 2.45) is 0 Å². The number of amides is 1. The first-order chi connectivity index (χ1) is 9.51. The molecular formula is C13H15ClN4O2. The first-order valence-corrected chi connectivity index (χ1v) is 6.45. The van der Waals surface area contributed by atoms with E-state index in [1.165, 1.54) is 18.1 Å². The maximum Gasteiger partial charge on any atom is 0.260 e. The molecule has 1 heterocycles. The molecule has 0 bridgehead atoms. The van der Waals surface area contributed by atoms with Crippen molar-refractivity contribution < 1.29 is 9.53 Å². The van der Waals surface area contributed by atoms with Crippen LogP contribution in [0.1, 0.15) is 30.2 Å². The minimum absolute atomic E-state index is 0.126. The van der Waals surface area contributed by atoms with Gasteiger partial charge in [-0.3, -0.25) is 4.79 Å². The highest BCUT2D eigenvalue weighted by Crippen LogP contribution is 2.23. The molecule has 0 atom stereocenters. The van der Waals surface area contributed by atoms with E-state index < -0.39 is 0 Å². The Hall–Kier alpha value is -2.08. The highest BCUT2D eigenvalue weighted by atomic mass is 35.5. The number of aromatic nitrogens is 3. The molecule has 1 aromatic heterocycles. The van der Waals surface area contributed by atoms with Crippen LogP contribution >= 0.6 is 11.6 Å². The summed E-state index contributed by atoms with van der Waals surface area (Å²) in [5.74, 6) is 0.481. The summed E-state index contributed by atoms with van der Waals surface area (Å²) < 4.78 is 5.14. The molecule has 0 saturated heterocycles. The molecule has 106 valence electrons. The highest BCUT2D eigenvalue weighted by molar-refractivity contribution is 6.31. The zero-order chi connectivity index (χ0) is 14.7. The molecule has 7 heteroatoms. The molecule has 0 aliphatic heterocycles. The van der Waals surface area contributed by atoms with E-state index in [1.54, 1.807) is 18.2 Å². The average molecular weight is 295 g/mol. The maximum absolute atomic E-state index is 12.2. The SMILES string of the molecule is COc1ccc(Cl)cc1C(=O)Nc1cnn(C(C)C)n1. The summed E-state index contributed by atoms with van der Waals surface area (Å²) in [6, 6.07) is 4.97. The lowest BCUT2D eigenvalue weighted by Crippen LogP contribution is -2.14. The fraction of sp³-hybridized carbons (Fsp3) is 0.308. The zero-order valence-corrected chi connectivity index (χ0v) is 12.2. The van der Waals surface area contributed by atoms with Crippen LogP contribution in [0.25, 0.3) is 0 Å². The number of carbonyl (C=O) groups excluding carboxylic acids is 1. The van der Waals surface area contributed by atoms with Crippen molar-refractivity contribution in [2.45, 2.75) is 19.9 Å². The van der Waals surface area contributed by atoms with Crippen molar-refractivity contribution in [3.63, 3.8) is 0 Å². The Labute approximate surface area is 121 Å². The molecule has 0 aliphatic rings. The van der Waals surface area contributed by atoms with Gasteiger partial charge in [0.15, 0.2) is 5.82 Å². The number of hydrogen-bond acceptors (Lipinski definition) is 4. The van der Waals surface area contributed by atoms with Gasteiger partial charge in [0, 0.05) is 5.02 Å². The average Bonchev–Trinajstić information content (AvgIpc) is 2.87. The third-order valence-electron chi connectivity index (χ3n) is 2.62. The van der Waals surface area contributed by atoms with E-state index in [9.17, 15) is 4.79 Å². The van der Waals surface area contributed by atoms with E-state index in [0.717, 1.165) is 0 Å². The summed E-state index contributed by atoms with van der Waals surface area (Å²) in [6.45, 7) is 3.90. The van der Waals surface area contributed by atoms with E-state index in [0.29, 0.717) is 22.2 Å². The van der Waals surface area contributed by atoms with E-state index in [4.69, 9.17) is 16.3 Å². The van der Waals surface area contributed by atoms with Gasteiger partial charge in [-0.05, 0) is 32.0 Å². The molecule has 1 aromatic carbocycles. The van der Waals surface area contributed by atoms with Crippen molar-refractivity contribution in [3.8, 4) is 5.75 Å². The van der Waals surface area contributed by atoms with Gasteiger partial charge in [-0.1, -0.05) is 11.6 Å². The van der Waals surface area contributed by atoms with Gasteiger partial charge >= 0.3 is 0 Å². The molecule has 2 aromatic rings. The van der Waals surface area contributed by atoms with Crippen LogP contribution in [0.15, 0.2) is 24.4 Å². The molecule has 0 saturated carbocycles. The van der Waals surface area contributed by atoms with Crippen LogP contribution in [0.5, 0.6) is 5.75 Å². The third kappa shape index (κ3) is 3.08. The van der Waals surface area contributed by atoms with Gasteiger partial charge in [0.25, 0.3) is 5.91 Å². The smallest absolute Gasteiger partial charge is 0.260 e. The second kappa shape index (κ2) is 5.92. The first kappa shape index (κ1) is 14.3. The molecule has 20 heavy (non-hydrogen) atoms. The summed E-state index contributed by atoms with van der Waals surface area (Å²) in [7, 11) is 1.50. The van der Waals surface area contributed by atoms with Crippen molar-refractivity contribution in [1.82, 2.24) is 15.0 Å². The summed E-state index contributed by atoms with van der Waals surface area (Å²) in [5, 5.41) is 11.3. The summed E-state index contributed by atoms with van der Waals surface area (Å²) >= 11 is 5.90. The number of methoxy groups -OCH3 is 1. The number of benzene rings is 1. The Morgan fingerprint density at radius 2 is 2.20 bits per heavy atom. The molecule has 0 aliphatic carbocycles. The maximum atomic E-state index is 12.2. The fourth-order valence-electron chi connectivity index (χ4n) is 1.62. The molecule has 0 spiro atoms. The largest absolute Gasteiger partial charge is 0.496 e. The van der Waals surface area contributed by atoms with Crippen LogP contribution in [0.3, 0.4) is 0 Å². The molecule has 2 rings (SSSR count). The predicted molar refractivity (Wildman–Crippen MR) is 76.4 cm³/mol. The monoisotopic (exact) mass is 294 g/mol. The van der Waals surface area contributed by atoms with E-state index in [2.05, 4.69) is 15.5 Å². The lowest BCUT2D eigenvalue weighted by atomic mass is 10.2. The van der Waals surface area contributed by atoms with E-state index in [-0.39, 0.29) is 11.9 Å². The van der Waals surface area contributed by atoms with Crippen molar-refractivity contribution in [1.29, 1.82) is 0 Å². The molecule has 1 N–H and O–H groups in total. The fourth-order valence-corrected chi connectivity index (χ4v) is 1.80. The minimum Gasteiger partial charge on any atom is -0.496 e. The van der Waals surface area contributed by atoms with Gasteiger partial charge in [0.1, 0.15) is 5.75 Å². The van der Waals surface area contributed by atoms with Crippen LogP contribution in [0.2, 0.25) is 5.02 Å². The Bertz CT molecular complexity index is 625. The standard InChI is InChI=1S/C13H15ClN4O2/c1-8(2)18-15-7-12(17-18)16-13(19)10-6-9(14)4-5-11(10)20-3/h4-8H,1-3H3,(H,16,17,19). The van der Waals surface area contributed by atoms with Crippen molar-refractivity contribution in [3.05, 3.63) is 35.0 Å². The second-order valence-corrected chi connectivity index (χ2v) is 4.88. The van der Waals surface area contributed by atoms with E-state index >= 15 is 0 Å². The highest BCUT2D eigenvalue weighted by Gasteiger charge is 2.15. The van der Waals surface area contributed by atoms with Crippen LogP contribution in [0.4, 0.5) is 5.82 Å². The Morgan fingerprint density at radius 3 is 2.80 bits per heavy atom. The van der Waals surface area contributed by atoms with Crippen LogP contribution in [-0.4, -0.2) is 28.0 Å². The van der Waals surface area contributed by atoms with Gasteiger partial charge in [0.05, 0.1) is 24.9 Å². The zero-order valence-electron chi connectivity index (χ0n) is 11.4. The lowest BCUT2D eigenvalue weighted by Gasteiger charge is -2.08. The summed E-state index contributed by atoms with van der Waals surface area (Å²) in [6.07, 6.45) is 1.49. The van der Waals surface area contributed by atoms with Gasteiger partial charge in [0.2, 0.25) is 0 Å². The number of hydrogen-bond donors (Lipinski definition) is 1. The molecule has 1 amide bonds. The molecule has 0 fully saturated rings. The first-order valence-electron chi connectivity index (χ1n) is 6.08. The summed E-state index contributed by atoms with van der Waals surface area (Å²) in [5.41, 5.74) is 0.346. The number of halogens is 1. The van der Waals surface area contributed by atoms with Crippen molar-refractivity contribution in [2.75, 3.05) is 12.4 Å². The number of ether oxygens (including phenoxy) is 1. The Balaban J connectivity index is 2.21. The normalized spacial score (nSPS) is 10.7. The van der Waals surface area contributed by atoms with Gasteiger partial charge < -0.3 is 10.1 Å². The number of anilines is 1. The Morgan fingerprint density at radius 1 is 1.45 bits per heavy atom. The Kier molecular flexibility index (Phi) is 4.24.